The van der Waals surface area contributed by atoms with Gasteiger partial charge in [-0.25, -0.2) is 0 Å². The summed E-state index contributed by atoms with van der Waals surface area (Å²) in [6.45, 7) is 1.67. The molecule has 0 spiro atoms. The molecular weight excluding hydrogens is 444 g/mol. The van der Waals surface area contributed by atoms with Crippen molar-refractivity contribution in [1.82, 2.24) is 0 Å². The number of esters is 2. The molecule has 0 aromatic heterocycles. The third-order valence-corrected chi connectivity index (χ3v) is 6.39. The zero-order valence-electron chi connectivity index (χ0n) is 22.6. The largest absolute Gasteiger partial charge is 0.466 e. The summed E-state index contributed by atoms with van der Waals surface area (Å²) < 4.78 is 10.6. The maximum Gasteiger partial charge on any atom is 0.305 e. The van der Waals surface area contributed by atoms with Gasteiger partial charge in [0.2, 0.25) is 0 Å². The van der Waals surface area contributed by atoms with Crippen LogP contribution in [0.4, 0.5) is 0 Å². The van der Waals surface area contributed by atoms with Crippen molar-refractivity contribution >= 4 is 11.9 Å². The molecule has 0 aliphatic carbocycles. The second kappa shape index (κ2) is 29.1. The van der Waals surface area contributed by atoms with Crippen molar-refractivity contribution in [1.29, 1.82) is 0 Å². The fourth-order valence-corrected chi connectivity index (χ4v) is 4.13. The van der Waals surface area contributed by atoms with Crippen LogP contribution in [-0.2, 0) is 19.1 Å². The molecule has 2 N–H and O–H groups in total. The predicted molar refractivity (Wildman–Crippen MR) is 142 cm³/mol. The average Bonchev–Trinajstić information content (AvgIpc) is 2.85. The molecule has 208 valence electrons. The highest BCUT2D eigenvalue weighted by molar-refractivity contribution is 5.69. The van der Waals surface area contributed by atoms with Gasteiger partial charge in [0.1, 0.15) is 0 Å². The summed E-state index contributed by atoms with van der Waals surface area (Å²) in [5, 5.41) is 17.5. The minimum absolute atomic E-state index is 0.0610. The highest BCUT2D eigenvalue weighted by Crippen LogP contribution is 2.11. The van der Waals surface area contributed by atoms with Crippen LogP contribution in [-0.4, -0.2) is 48.6 Å². The Labute approximate surface area is 215 Å². The lowest BCUT2D eigenvalue weighted by Crippen LogP contribution is -2.06. The molecule has 6 nitrogen and oxygen atoms in total. The van der Waals surface area contributed by atoms with Crippen LogP contribution in [0, 0.1) is 0 Å². The Hall–Kier alpha value is -1.14. The molecule has 0 saturated carbocycles. The van der Waals surface area contributed by atoms with Crippen molar-refractivity contribution in [2.45, 2.75) is 148 Å². The molecule has 6 heteroatoms. The molecule has 0 radical (unpaired) electrons. The second-order valence-corrected chi connectivity index (χ2v) is 9.81. The van der Waals surface area contributed by atoms with Crippen LogP contribution in [0.15, 0.2) is 0 Å². The van der Waals surface area contributed by atoms with E-state index < -0.39 is 0 Å². The van der Waals surface area contributed by atoms with Gasteiger partial charge in [0.25, 0.3) is 0 Å². The molecule has 0 saturated heterocycles. The zero-order chi connectivity index (χ0) is 25.7. The van der Waals surface area contributed by atoms with Gasteiger partial charge in [0.15, 0.2) is 0 Å². The van der Waals surface area contributed by atoms with Gasteiger partial charge in [0.05, 0.1) is 13.2 Å². The predicted octanol–water partition coefficient (Wildman–Crippen LogP) is 7.03. The molecule has 0 unspecified atom stereocenters. The number of aliphatic hydroxyl groups is 2. The van der Waals surface area contributed by atoms with E-state index in [0.717, 1.165) is 103 Å². The summed E-state index contributed by atoms with van der Waals surface area (Å²) in [7, 11) is 0. The number of rotatable bonds is 28. The summed E-state index contributed by atoms with van der Waals surface area (Å²) >= 11 is 0. The van der Waals surface area contributed by atoms with Crippen molar-refractivity contribution in [3.8, 4) is 0 Å². The van der Waals surface area contributed by atoms with Gasteiger partial charge in [-0.1, -0.05) is 96.3 Å². The molecule has 0 bridgehead atoms. The van der Waals surface area contributed by atoms with Gasteiger partial charge in [0, 0.05) is 26.1 Å². The van der Waals surface area contributed by atoms with Crippen molar-refractivity contribution in [2.24, 2.45) is 0 Å². The second-order valence-electron chi connectivity index (χ2n) is 9.81. The Kier molecular flexibility index (Phi) is 28.1. The number of ether oxygens (including phenoxy) is 2. The van der Waals surface area contributed by atoms with Gasteiger partial charge in [-0.2, -0.15) is 0 Å². The first-order chi connectivity index (χ1) is 17.2. The summed E-state index contributed by atoms with van der Waals surface area (Å²) in [5.74, 6) is -0.122. The molecule has 0 rings (SSSR count). The van der Waals surface area contributed by atoms with E-state index >= 15 is 0 Å². The van der Waals surface area contributed by atoms with Crippen LogP contribution >= 0.6 is 0 Å². The van der Waals surface area contributed by atoms with Gasteiger partial charge in [-0.15, -0.1) is 0 Å². The maximum absolute atomic E-state index is 11.7. The van der Waals surface area contributed by atoms with Crippen LogP contribution in [0.1, 0.15) is 148 Å². The fourth-order valence-electron chi connectivity index (χ4n) is 4.13. The first kappa shape index (κ1) is 33.9. The Morgan fingerprint density at radius 1 is 0.371 bits per heavy atom. The SMILES string of the molecule is O=C(CCCCCCCCCO)OCCCCCCCCCOC(=O)CCCCCCCCCO. The third kappa shape index (κ3) is 29.0. The summed E-state index contributed by atoms with van der Waals surface area (Å²) in [4.78, 5) is 23.5. The molecule has 0 fully saturated rings. The molecule has 0 heterocycles. The topological polar surface area (TPSA) is 93.1 Å². The molecule has 0 aliphatic rings. The van der Waals surface area contributed by atoms with Crippen LogP contribution in [0.25, 0.3) is 0 Å². The van der Waals surface area contributed by atoms with Gasteiger partial charge >= 0.3 is 11.9 Å². The number of unbranched alkanes of at least 4 members (excludes halogenated alkanes) is 18. The maximum atomic E-state index is 11.7. The summed E-state index contributed by atoms with van der Waals surface area (Å²) in [5.41, 5.74) is 0. The highest BCUT2D eigenvalue weighted by Gasteiger charge is 2.04. The Morgan fingerprint density at radius 3 is 0.943 bits per heavy atom. The van der Waals surface area contributed by atoms with E-state index in [0.29, 0.717) is 39.3 Å². The third-order valence-electron chi connectivity index (χ3n) is 6.39. The van der Waals surface area contributed by atoms with Crippen LogP contribution in [0.5, 0.6) is 0 Å². The lowest BCUT2D eigenvalue weighted by atomic mass is 10.1. The standard InChI is InChI=1S/C29H56O6/c30-24-18-12-6-1-4-10-16-22-28(32)34-26-20-14-8-3-9-15-21-27-35-29(33)23-17-11-5-2-7-13-19-25-31/h30-31H,1-27H2. The number of hydrogen-bond donors (Lipinski definition) is 2. The van der Waals surface area contributed by atoms with Gasteiger partial charge < -0.3 is 19.7 Å². The van der Waals surface area contributed by atoms with Crippen molar-refractivity contribution in [3.05, 3.63) is 0 Å². The van der Waals surface area contributed by atoms with E-state index in [1.165, 1.54) is 32.1 Å². The number of hydrogen-bond acceptors (Lipinski definition) is 6. The smallest absolute Gasteiger partial charge is 0.305 e. The molecule has 0 aromatic carbocycles. The Balaban J connectivity index is 3.23. The normalized spacial score (nSPS) is 11.0. The number of carbonyl (C=O) groups is 2. The van der Waals surface area contributed by atoms with Crippen molar-refractivity contribution in [2.75, 3.05) is 26.4 Å². The minimum atomic E-state index is -0.0610. The monoisotopic (exact) mass is 500 g/mol. The fraction of sp³-hybridized carbons (Fsp3) is 0.931. The van der Waals surface area contributed by atoms with E-state index in [1.54, 1.807) is 0 Å². The lowest BCUT2D eigenvalue weighted by Gasteiger charge is -2.06. The average molecular weight is 501 g/mol. The minimum Gasteiger partial charge on any atom is -0.466 e. The molecule has 35 heavy (non-hydrogen) atoms. The van der Waals surface area contributed by atoms with E-state index in [4.69, 9.17) is 19.7 Å². The molecule has 0 aliphatic heterocycles. The quantitative estimate of drug-likeness (QED) is 0.0885. The first-order valence-corrected chi connectivity index (χ1v) is 14.7. The number of aliphatic hydroxyl groups excluding tert-OH is 2. The van der Waals surface area contributed by atoms with Crippen LogP contribution in [0.3, 0.4) is 0 Å². The lowest BCUT2D eigenvalue weighted by molar-refractivity contribution is -0.144. The van der Waals surface area contributed by atoms with E-state index in [9.17, 15) is 9.59 Å². The number of carbonyl (C=O) groups excluding carboxylic acids is 2. The van der Waals surface area contributed by atoms with E-state index in [2.05, 4.69) is 0 Å². The summed E-state index contributed by atoms with van der Waals surface area (Å²) in [6.07, 6.45) is 23.7. The van der Waals surface area contributed by atoms with Gasteiger partial charge in [-0.3, -0.25) is 9.59 Å². The van der Waals surface area contributed by atoms with Crippen LogP contribution in [0.2, 0.25) is 0 Å². The van der Waals surface area contributed by atoms with E-state index in [-0.39, 0.29) is 11.9 Å². The first-order valence-electron chi connectivity index (χ1n) is 14.7. The van der Waals surface area contributed by atoms with Gasteiger partial charge in [-0.05, 0) is 38.5 Å². The zero-order valence-corrected chi connectivity index (χ0v) is 22.6. The molecule has 0 aromatic rings. The van der Waals surface area contributed by atoms with Crippen molar-refractivity contribution < 1.29 is 29.3 Å². The molecule has 0 amide bonds. The van der Waals surface area contributed by atoms with Crippen molar-refractivity contribution in [3.63, 3.8) is 0 Å². The highest BCUT2D eigenvalue weighted by atomic mass is 16.5. The Morgan fingerprint density at radius 2 is 0.629 bits per heavy atom. The molecular formula is C29H56O6. The summed E-state index contributed by atoms with van der Waals surface area (Å²) in [6, 6.07) is 0. The van der Waals surface area contributed by atoms with E-state index in [1.807, 2.05) is 0 Å². The Bertz CT molecular complexity index is 414. The molecule has 0 atom stereocenters. The van der Waals surface area contributed by atoms with Crippen LogP contribution < -0.4 is 0 Å².